The van der Waals surface area contributed by atoms with Gasteiger partial charge in [-0.1, -0.05) is 33.8 Å². The number of Topliss-reactive ketones (excluding diaryl/α,β-unsaturated/α-hetero) is 3. The number of esters is 1. The quantitative estimate of drug-likeness (QED) is 0.306. The molecule has 0 aromatic carbocycles. The first kappa shape index (κ1) is 31.3. The molecule has 4 aliphatic rings. The zero-order chi connectivity index (χ0) is 30.9. The van der Waals surface area contributed by atoms with E-state index < -0.39 is 64.1 Å². The molecule has 9 nitrogen and oxygen atoms in total. The normalized spacial score (nSPS) is 41.5. The number of ether oxygens (including phenoxy) is 1. The highest BCUT2D eigenvalue weighted by Gasteiger charge is 2.74. The summed E-state index contributed by atoms with van der Waals surface area (Å²) in [6.45, 7) is 11.4. The standard InChI is InChI=1S/C32H44O9/c1-16(9-8-10-17(2)28(39)40)19-13-23(37)32(7)24-20(35)14-21-29(4,12-11-22(36)30(21,5)15-33)25(24)26(38)27(31(19,32)6)41-18(3)34/h10,16,19-21,27,33,35H,8-9,11-15H2,1-7H3,(H,39,40)/b17-10+/t16?,19-,20+,21-,27+,29+,30+,31+,32+/m1/s1. The van der Waals surface area contributed by atoms with E-state index in [1.807, 2.05) is 20.8 Å². The minimum atomic E-state index is -1.31. The number of hydrogen-bond donors (Lipinski definition) is 3. The maximum absolute atomic E-state index is 14.6. The summed E-state index contributed by atoms with van der Waals surface area (Å²) in [4.78, 5) is 65.6. The summed E-state index contributed by atoms with van der Waals surface area (Å²) < 4.78 is 5.83. The molecule has 9 heteroatoms. The van der Waals surface area contributed by atoms with Gasteiger partial charge in [0.2, 0.25) is 5.78 Å². The molecule has 41 heavy (non-hydrogen) atoms. The lowest BCUT2D eigenvalue weighted by Crippen LogP contribution is -2.65. The summed E-state index contributed by atoms with van der Waals surface area (Å²) >= 11 is 0. The fourth-order valence-corrected chi connectivity index (χ4v) is 9.13. The number of carbonyl (C=O) groups excluding carboxylic acids is 4. The second-order valence-corrected chi connectivity index (χ2v) is 13.8. The average molecular weight is 573 g/mol. The molecule has 0 amide bonds. The number of ketones is 3. The number of allylic oxidation sites excluding steroid dienone is 1. The zero-order valence-electron chi connectivity index (χ0n) is 25.2. The molecule has 0 aromatic heterocycles. The Hall–Kier alpha value is -2.65. The number of aliphatic hydroxyl groups is 2. The van der Waals surface area contributed by atoms with Crippen molar-refractivity contribution >= 4 is 29.3 Å². The lowest BCUT2D eigenvalue weighted by molar-refractivity contribution is -0.177. The van der Waals surface area contributed by atoms with Crippen LogP contribution in [0.3, 0.4) is 0 Å². The second-order valence-electron chi connectivity index (χ2n) is 13.8. The molecule has 0 spiro atoms. The maximum atomic E-state index is 14.6. The summed E-state index contributed by atoms with van der Waals surface area (Å²) in [7, 11) is 0. The molecule has 1 unspecified atom stereocenters. The maximum Gasteiger partial charge on any atom is 0.330 e. The summed E-state index contributed by atoms with van der Waals surface area (Å²) in [6, 6.07) is 0. The Morgan fingerprint density at radius 3 is 2.29 bits per heavy atom. The van der Waals surface area contributed by atoms with Crippen LogP contribution in [0.25, 0.3) is 0 Å². The van der Waals surface area contributed by atoms with E-state index in [0.29, 0.717) is 24.8 Å². The molecule has 0 saturated heterocycles. The van der Waals surface area contributed by atoms with E-state index in [1.165, 1.54) is 13.8 Å². The van der Waals surface area contributed by atoms with Crippen LogP contribution in [0.2, 0.25) is 0 Å². The van der Waals surface area contributed by atoms with Gasteiger partial charge in [-0.15, -0.1) is 0 Å². The number of aliphatic hydroxyl groups excluding tert-OH is 2. The van der Waals surface area contributed by atoms with Crippen LogP contribution in [0, 0.1) is 39.4 Å². The van der Waals surface area contributed by atoms with Gasteiger partial charge in [-0.25, -0.2) is 4.79 Å². The van der Waals surface area contributed by atoms with Crippen molar-refractivity contribution in [2.24, 2.45) is 39.4 Å². The first-order valence-electron chi connectivity index (χ1n) is 14.6. The van der Waals surface area contributed by atoms with Crippen LogP contribution >= 0.6 is 0 Å². The Balaban J connectivity index is 1.90. The number of carboxylic acids is 1. The van der Waals surface area contributed by atoms with Crippen LogP contribution in [0.5, 0.6) is 0 Å². The Bertz CT molecular complexity index is 1260. The molecule has 0 aliphatic heterocycles. The van der Waals surface area contributed by atoms with Gasteiger partial charge in [0.25, 0.3) is 0 Å². The second kappa shape index (κ2) is 10.3. The molecular weight excluding hydrogens is 528 g/mol. The molecule has 0 radical (unpaired) electrons. The van der Waals surface area contributed by atoms with E-state index in [1.54, 1.807) is 19.9 Å². The van der Waals surface area contributed by atoms with Gasteiger partial charge in [-0.3, -0.25) is 19.2 Å². The van der Waals surface area contributed by atoms with Gasteiger partial charge in [0, 0.05) is 41.7 Å². The smallest absolute Gasteiger partial charge is 0.330 e. The predicted molar refractivity (Wildman–Crippen MR) is 148 cm³/mol. The number of fused-ring (bicyclic) bond motifs is 4. The van der Waals surface area contributed by atoms with Crippen molar-refractivity contribution in [2.45, 2.75) is 99.2 Å². The molecule has 226 valence electrons. The Labute approximate surface area is 241 Å². The molecule has 4 aliphatic carbocycles. The zero-order valence-corrected chi connectivity index (χ0v) is 25.2. The molecule has 4 rings (SSSR count). The fraction of sp³-hybridized carbons (Fsp3) is 0.719. The lowest BCUT2D eigenvalue weighted by Gasteiger charge is -2.61. The van der Waals surface area contributed by atoms with E-state index in [9.17, 15) is 39.3 Å². The van der Waals surface area contributed by atoms with Crippen LogP contribution in [-0.4, -0.2) is 63.4 Å². The van der Waals surface area contributed by atoms with Gasteiger partial charge < -0.3 is 20.1 Å². The summed E-state index contributed by atoms with van der Waals surface area (Å²) in [6.07, 6.45) is 0.916. The lowest BCUT2D eigenvalue weighted by atomic mass is 9.42. The molecular formula is C32H44O9. The number of rotatable bonds is 7. The van der Waals surface area contributed by atoms with E-state index in [0.717, 1.165) is 0 Å². The highest BCUT2D eigenvalue weighted by Crippen LogP contribution is 2.71. The van der Waals surface area contributed by atoms with Gasteiger partial charge in [-0.2, -0.15) is 0 Å². The largest absolute Gasteiger partial charge is 0.478 e. The van der Waals surface area contributed by atoms with Crippen molar-refractivity contribution in [3.05, 3.63) is 22.8 Å². The van der Waals surface area contributed by atoms with E-state index in [4.69, 9.17) is 4.74 Å². The number of carbonyl (C=O) groups is 5. The van der Waals surface area contributed by atoms with E-state index in [2.05, 4.69) is 0 Å². The van der Waals surface area contributed by atoms with E-state index >= 15 is 0 Å². The predicted octanol–water partition coefficient (Wildman–Crippen LogP) is 3.59. The molecule has 3 N–H and O–H groups in total. The SMILES string of the molecule is CC(=O)O[C@H]1C(=O)C2=C([C@@H](O)C[C@H]3[C@](C)(CO)C(=O)CC[C@]23C)[C@]2(C)C(=O)C[C@H](C(C)CC/C=C(\C)C(=O)O)[C@@]12C. The van der Waals surface area contributed by atoms with E-state index in [-0.39, 0.29) is 53.8 Å². The first-order valence-corrected chi connectivity index (χ1v) is 14.6. The monoisotopic (exact) mass is 572 g/mol. The number of carboxylic acid groups (broad SMARTS) is 1. The van der Waals surface area contributed by atoms with Crippen LogP contribution < -0.4 is 0 Å². The van der Waals surface area contributed by atoms with Gasteiger partial charge in [0.1, 0.15) is 11.6 Å². The highest BCUT2D eigenvalue weighted by molar-refractivity contribution is 6.09. The third-order valence-electron chi connectivity index (χ3n) is 11.8. The van der Waals surface area contributed by atoms with Crippen LogP contribution in [0.1, 0.15) is 87.0 Å². The number of hydrogen-bond acceptors (Lipinski definition) is 8. The van der Waals surface area contributed by atoms with Gasteiger partial charge in [0.15, 0.2) is 6.10 Å². The minimum absolute atomic E-state index is 0.118. The fourth-order valence-electron chi connectivity index (χ4n) is 9.13. The van der Waals surface area contributed by atoms with Crippen LogP contribution in [-0.2, 0) is 28.7 Å². The van der Waals surface area contributed by atoms with Crippen molar-refractivity contribution in [3.63, 3.8) is 0 Å². The van der Waals surface area contributed by atoms with Gasteiger partial charge in [0.05, 0.1) is 23.5 Å². The molecule has 9 atom stereocenters. The Morgan fingerprint density at radius 2 is 1.73 bits per heavy atom. The van der Waals surface area contributed by atoms with Crippen molar-refractivity contribution in [3.8, 4) is 0 Å². The molecule has 2 fully saturated rings. The molecule has 2 saturated carbocycles. The summed E-state index contributed by atoms with van der Waals surface area (Å²) in [5.41, 5.74) is -3.67. The number of aliphatic carboxylic acids is 1. The topological polar surface area (TPSA) is 155 Å². The third kappa shape index (κ3) is 4.21. The third-order valence-corrected chi connectivity index (χ3v) is 11.8. The van der Waals surface area contributed by atoms with Crippen LogP contribution in [0.4, 0.5) is 0 Å². The highest BCUT2D eigenvalue weighted by atomic mass is 16.5. The molecule has 0 heterocycles. The van der Waals surface area contributed by atoms with Crippen molar-refractivity contribution in [2.75, 3.05) is 6.61 Å². The first-order chi connectivity index (χ1) is 18.9. The Morgan fingerprint density at radius 1 is 1.10 bits per heavy atom. The Kier molecular flexibility index (Phi) is 7.83. The molecule has 0 aromatic rings. The minimum Gasteiger partial charge on any atom is -0.478 e. The van der Waals surface area contributed by atoms with Crippen LogP contribution in [0.15, 0.2) is 22.8 Å². The average Bonchev–Trinajstić information content (AvgIpc) is 3.11. The van der Waals surface area contributed by atoms with Gasteiger partial charge >= 0.3 is 11.9 Å². The summed E-state index contributed by atoms with van der Waals surface area (Å²) in [5, 5.41) is 31.3. The van der Waals surface area contributed by atoms with Crippen molar-refractivity contribution in [1.29, 1.82) is 0 Å². The molecule has 0 bridgehead atoms. The van der Waals surface area contributed by atoms with Crippen molar-refractivity contribution < 1.29 is 44.0 Å². The van der Waals surface area contributed by atoms with Gasteiger partial charge in [-0.05, 0) is 62.9 Å². The van der Waals surface area contributed by atoms with Crippen molar-refractivity contribution in [1.82, 2.24) is 0 Å². The summed E-state index contributed by atoms with van der Waals surface area (Å²) in [5.74, 6) is -3.40.